The molecule has 17 heavy (non-hydrogen) atoms. The molecule has 2 heterocycles. The van der Waals surface area contributed by atoms with Gasteiger partial charge in [0, 0.05) is 24.9 Å². The molecule has 2 N–H and O–H groups in total. The van der Waals surface area contributed by atoms with Crippen LogP contribution in [0.2, 0.25) is 0 Å². The first-order valence-corrected chi connectivity index (χ1v) is 7.42. The smallest absolute Gasteiger partial charge is 0.0941 e. The summed E-state index contributed by atoms with van der Waals surface area (Å²) in [5.74, 6) is 1.68. The highest BCUT2D eigenvalue weighted by Crippen LogP contribution is 2.25. The third-order valence-corrected chi connectivity index (χ3v) is 4.55. The quantitative estimate of drug-likeness (QED) is 0.874. The third-order valence-electron chi connectivity index (χ3n) is 3.59. The molecule has 2 rings (SSSR count). The molecule has 0 radical (unpaired) electrons. The SMILES string of the molecule is CC(C)C1CCN(Cc2csc(CCN)n2)C1. The molecule has 0 bridgehead atoms. The van der Waals surface area contributed by atoms with Crippen LogP contribution in [0.5, 0.6) is 0 Å². The van der Waals surface area contributed by atoms with Gasteiger partial charge in [0.1, 0.15) is 0 Å². The zero-order valence-corrected chi connectivity index (χ0v) is 11.7. The van der Waals surface area contributed by atoms with Gasteiger partial charge in [-0.3, -0.25) is 4.90 Å². The number of thiazole rings is 1. The Morgan fingerprint density at radius 1 is 1.59 bits per heavy atom. The van der Waals surface area contributed by atoms with Crippen molar-refractivity contribution in [3.05, 3.63) is 16.1 Å². The highest BCUT2D eigenvalue weighted by Gasteiger charge is 2.25. The van der Waals surface area contributed by atoms with Crippen LogP contribution in [0.3, 0.4) is 0 Å². The molecule has 0 amide bonds. The maximum Gasteiger partial charge on any atom is 0.0941 e. The second-order valence-corrected chi connectivity index (χ2v) is 6.24. The van der Waals surface area contributed by atoms with Gasteiger partial charge in [-0.1, -0.05) is 13.8 Å². The fraction of sp³-hybridized carbons (Fsp3) is 0.769. The van der Waals surface area contributed by atoms with Gasteiger partial charge in [0.15, 0.2) is 0 Å². The van der Waals surface area contributed by atoms with Gasteiger partial charge in [0.2, 0.25) is 0 Å². The molecule has 1 unspecified atom stereocenters. The first-order chi connectivity index (χ1) is 8.19. The summed E-state index contributed by atoms with van der Waals surface area (Å²) in [6, 6.07) is 0. The van der Waals surface area contributed by atoms with Crippen molar-refractivity contribution in [1.29, 1.82) is 0 Å². The van der Waals surface area contributed by atoms with Crippen LogP contribution in [0.15, 0.2) is 5.38 Å². The molecular weight excluding hydrogens is 230 g/mol. The fourth-order valence-corrected chi connectivity index (χ4v) is 3.24. The summed E-state index contributed by atoms with van der Waals surface area (Å²) in [6.45, 7) is 8.84. The van der Waals surface area contributed by atoms with Gasteiger partial charge < -0.3 is 5.73 Å². The van der Waals surface area contributed by atoms with Crippen LogP contribution >= 0.6 is 11.3 Å². The van der Waals surface area contributed by atoms with Crippen LogP contribution in [-0.2, 0) is 13.0 Å². The van der Waals surface area contributed by atoms with Crippen LogP contribution < -0.4 is 5.73 Å². The average molecular weight is 253 g/mol. The Labute approximate surface area is 108 Å². The molecule has 0 aliphatic carbocycles. The van der Waals surface area contributed by atoms with Crippen molar-refractivity contribution < 1.29 is 0 Å². The molecule has 96 valence electrons. The molecule has 0 spiro atoms. The number of nitrogens with zero attached hydrogens (tertiary/aromatic N) is 2. The van der Waals surface area contributed by atoms with Crippen molar-refractivity contribution in [3.63, 3.8) is 0 Å². The zero-order valence-electron chi connectivity index (χ0n) is 10.9. The normalized spacial score (nSPS) is 21.5. The highest BCUT2D eigenvalue weighted by atomic mass is 32.1. The molecule has 1 aromatic rings. The summed E-state index contributed by atoms with van der Waals surface area (Å²) in [6.07, 6.45) is 2.26. The molecule has 1 saturated heterocycles. The molecule has 0 saturated carbocycles. The van der Waals surface area contributed by atoms with E-state index in [-0.39, 0.29) is 0 Å². The summed E-state index contributed by atoms with van der Waals surface area (Å²) in [5, 5.41) is 3.37. The minimum atomic E-state index is 0.700. The lowest BCUT2D eigenvalue weighted by molar-refractivity contribution is 0.294. The summed E-state index contributed by atoms with van der Waals surface area (Å²) < 4.78 is 0. The molecule has 4 heteroatoms. The monoisotopic (exact) mass is 253 g/mol. The van der Waals surface area contributed by atoms with E-state index in [4.69, 9.17) is 5.73 Å². The Balaban J connectivity index is 1.84. The van der Waals surface area contributed by atoms with Crippen LogP contribution in [-0.4, -0.2) is 29.5 Å². The fourth-order valence-electron chi connectivity index (χ4n) is 2.44. The molecule has 3 nitrogen and oxygen atoms in total. The number of hydrogen-bond acceptors (Lipinski definition) is 4. The number of likely N-dealkylation sites (tertiary alicyclic amines) is 1. The molecule has 1 aliphatic heterocycles. The largest absolute Gasteiger partial charge is 0.330 e. The van der Waals surface area contributed by atoms with Crippen molar-refractivity contribution in [2.75, 3.05) is 19.6 Å². The number of aromatic nitrogens is 1. The van der Waals surface area contributed by atoms with Gasteiger partial charge >= 0.3 is 0 Å². The van der Waals surface area contributed by atoms with Crippen LogP contribution in [0.4, 0.5) is 0 Å². The predicted molar refractivity (Wildman–Crippen MR) is 73.1 cm³/mol. The third kappa shape index (κ3) is 3.50. The van der Waals surface area contributed by atoms with Crippen molar-refractivity contribution >= 4 is 11.3 Å². The van der Waals surface area contributed by atoms with Crippen molar-refractivity contribution in [2.45, 2.75) is 33.2 Å². The Bertz CT molecular complexity index is 348. The zero-order chi connectivity index (χ0) is 12.3. The number of rotatable bonds is 5. The highest BCUT2D eigenvalue weighted by molar-refractivity contribution is 7.09. The summed E-state index contributed by atoms with van der Waals surface area (Å²) in [4.78, 5) is 7.16. The van der Waals surface area contributed by atoms with Gasteiger partial charge in [0.05, 0.1) is 10.7 Å². The van der Waals surface area contributed by atoms with Crippen molar-refractivity contribution in [1.82, 2.24) is 9.88 Å². The maximum atomic E-state index is 5.54. The first kappa shape index (κ1) is 13.0. The van der Waals surface area contributed by atoms with E-state index in [2.05, 4.69) is 29.1 Å². The van der Waals surface area contributed by atoms with Crippen LogP contribution in [0, 0.1) is 11.8 Å². The Kier molecular flexibility index (Phi) is 4.54. The Morgan fingerprint density at radius 2 is 2.41 bits per heavy atom. The summed E-state index contributed by atoms with van der Waals surface area (Å²) in [5.41, 5.74) is 6.77. The molecule has 1 aliphatic rings. The molecule has 0 aromatic carbocycles. The Morgan fingerprint density at radius 3 is 3.06 bits per heavy atom. The van der Waals surface area contributed by atoms with Gasteiger partial charge in [-0.25, -0.2) is 4.98 Å². The van der Waals surface area contributed by atoms with Crippen molar-refractivity contribution in [3.8, 4) is 0 Å². The first-order valence-electron chi connectivity index (χ1n) is 6.54. The van der Waals surface area contributed by atoms with E-state index in [1.54, 1.807) is 11.3 Å². The second-order valence-electron chi connectivity index (χ2n) is 5.30. The van der Waals surface area contributed by atoms with Gasteiger partial charge in [-0.05, 0) is 31.3 Å². The Hall–Kier alpha value is -0.450. The minimum Gasteiger partial charge on any atom is -0.330 e. The number of hydrogen-bond donors (Lipinski definition) is 1. The maximum absolute atomic E-state index is 5.54. The van der Waals surface area contributed by atoms with E-state index < -0.39 is 0 Å². The van der Waals surface area contributed by atoms with Gasteiger partial charge in [-0.2, -0.15) is 0 Å². The minimum absolute atomic E-state index is 0.700. The van der Waals surface area contributed by atoms with E-state index in [9.17, 15) is 0 Å². The lowest BCUT2D eigenvalue weighted by Crippen LogP contribution is -2.21. The molecule has 1 atom stereocenters. The lowest BCUT2D eigenvalue weighted by Gasteiger charge is -2.16. The molecular formula is C13H23N3S. The van der Waals surface area contributed by atoms with E-state index in [1.807, 2.05) is 0 Å². The van der Waals surface area contributed by atoms with Crippen LogP contribution in [0.1, 0.15) is 31.0 Å². The molecule has 1 aromatic heterocycles. The second kappa shape index (κ2) is 5.94. The van der Waals surface area contributed by atoms with Crippen molar-refractivity contribution in [2.24, 2.45) is 17.6 Å². The predicted octanol–water partition coefficient (Wildman–Crippen LogP) is 2.12. The molecule has 1 fully saturated rings. The lowest BCUT2D eigenvalue weighted by atomic mass is 9.95. The topological polar surface area (TPSA) is 42.1 Å². The summed E-state index contributed by atoms with van der Waals surface area (Å²) in [7, 11) is 0. The average Bonchev–Trinajstić information content (AvgIpc) is 2.89. The standard InChI is InChI=1S/C13H23N3S/c1-10(2)11-4-6-16(7-11)8-12-9-17-13(15-12)3-5-14/h9-11H,3-8,14H2,1-2H3. The van der Waals surface area contributed by atoms with E-state index in [0.717, 1.165) is 24.8 Å². The van der Waals surface area contributed by atoms with E-state index in [1.165, 1.54) is 30.2 Å². The number of nitrogens with two attached hydrogens (primary N) is 1. The van der Waals surface area contributed by atoms with Crippen LogP contribution in [0.25, 0.3) is 0 Å². The van der Waals surface area contributed by atoms with E-state index >= 15 is 0 Å². The van der Waals surface area contributed by atoms with E-state index in [0.29, 0.717) is 6.54 Å². The summed E-state index contributed by atoms with van der Waals surface area (Å²) >= 11 is 1.75. The van der Waals surface area contributed by atoms with Gasteiger partial charge in [-0.15, -0.1) is 11.3 Å². The van der Waals surface area contributed by atoms with Gasteiger partial charge in [0.25, 0.3) is 0 Å².